The van der Waals surface area contributed by atoms with Gasteiger partial charge in [-0.25, -0.2) is 14.5 Å². The molecule has 0 unspecified atom stereocenters. The Morgan fingerprint density at radius 1 is 0.950 bits per heavy atom. The summed E-state index contributed by atoms with van der Waals surface area (Å²) in [6.45, 7) is 2.83. The number of hydrogen-bond acceptors (Lipinski definition) is 8. The summed E-state index contributed by atoms with van der Waals surface area (Å²) in [5.74, 6) is 0.134. The van der Waals surface area contributed by atoms with Crippen molar-refractivity contribution >= 4 is 5.97 Å². The minimum atomic E-state index is -0.279. The van der Waals surface area contributed by atoms with Crippen LogP contribution in [0.4, 0.5) is 0 Å². The Balaban J connectivity index is 1.37. The van der Waals surface area contributed by atoms with Crippen LogP contribution >= 0.6 is 0 Å². The van der Waals surface area contributed by atoms with Crippen LogP contribution < -0.4 is 0 Å². The van der Waals surface area contributed by atoms with Gasteiger partial charge >= 0.3 is 5.97 Å². The zero-order valence-corrected chi connectivity index (χ0v) is 11.4. The normalized spacial score (nSPS) is 32.6. The molecule has 0 bridgehead atoms. The first kappa shape index (κ1) is 14.2. The molecule has 3 fully saturated rings. The van der Waals surface area contributed by atoms with Gasteiger partial charge in [0.05, 0.1) is 25.7 Å². The number of hydrogen-bond donors (Lipinski definition) is 0. The summed E-state index contributed by atoms with van der Waals surface area (Å²) in [5.41, 5.74) is 0. The fourth-order valence-electron chi connectivity index (χ4n) is 2.67. The molecule has 0 atom stereocenters. The fraction of sp³-hybridized carbons (Fsp3) is 0.917. The molecule has 0 aromatic carbocycles. The molecule has 2 heterocycles. The highest BCUT2D eigenvalue weighted by Crippen LogP contribution is 2.31. The van der Waals surface area contributed by atoms with Gasteiger partial charge in [0.2, 0.25) is 0 Å². The van der Waals surface area contributed by atoms with Gasteiger partial charge in [-0.3, -0.25) is 9.68 Å². The largest absolute Gasteiger partial charge is 0.333 e. The van der Waals surface area contributed by atoms with Crippen molar-refractivity contribution in [3.05, 3.63) is 0 Å². The summed E-state index contributed by atoms with van der Waals surface area (Å²) < 4.78 is 0. The Bertz CT molecular complexity index is 322. The van der Waals surface area contributed by atoms with E-state index >= 15 is 0 Å². The molecule has 0 aromatic heterocycles. The van der Waals surface area contributed by atoms with Gasteiger partial charge in [-0.15, -0.1) is 0 Å². The second kappa shape index (κ2) is 6.79. The highest BCUT2D eigenvalue weighted by Gasteiger charge is 2.32. The van der Waals surface area contributed by atoms with Gasteiger partial charge in [0.15, 0.2) is 0 Å². The second-order valence-electron chi connectivity index (χ2n) is 5.20. The molecule has 2 saturated heterocycles. The standard InChI is InChI=1S/C12H20N2O6/c15-12(20-14-18-7-8-19-14)11-3-1-10(2-4-11)9-13-16-5-6-17-13/h10-11H,1-9H2. The summed E-state index contributed by atoms with van der Waals surface area (Å²) in [6.07, 6.45) is 3.55. The van der Waals surface area contributed by atoms with E-state index in [1.165, 1.54) is 0 Å². The van der Waals surface area contributed by atoms with E-state index in [-0.39, 0.29) is 11.9 Å². The van der Waals surface area contributed by atoms with Gasteiger partial charge < -0.3 is 4.84 Å². The minimum Gasteiger partial charge on any atom is -0.318 e. The summed E-state index contributed by atoms with van der Waals surface area (Å²) >= 11 is 0. The predicted molar refractivity (Wildman–Crippen MR) is 63.9 cm³/mol. The number of rotatable bonds is 4. The third-order valence-corrected chi connectivity index (χ3v) is 3.78. The molecule has 20 heavy (non-hydrogen) atoms. The van der Waals surface area contributed by atoms with Crippen LogP contribution in [0.5, 0.6) is 0 Å². The lowest BCUT2D eigenvalue weighted by atomic mass is 9.82. The molecule has 8 heteroatoms. The Morgan fingerprint density at radius 3 is 2.20 bits per heavy atom. The van der Waals surface area contributed by atoms with Crippen LogP contribution in [0.1, 0.15) is 25.7 Å². The average molecular weight is 288 g/mol. The molecule has 0 aromatic rings. The molecule has 3 rings (SSSR count). The second-order valence-corrected chi connectivity index (χ2v) is 5.20. The van der Waals surface area contributed by atoms with E-state index in [0.29, 0.717) is 32.3 Å². The smallest absolute Gasteiger partial charge is 0.318 e. The molecule has 114 valence electrons. The molecule has 0 radical (unpaired) electrons. The lowest BCUT2D eigenvalue weighted by Crippen LogP contribution is -2.32. The van der Waals surface area contributed by atoms with Crippen molar-refractivity contribution in [3.8, 4) is 0 Å². The first-order chi connectivity index (χ1) is 9.81. The SMILES string of the molecule is O=C(ON1OCCO1)C1CCC(CN2OCCO2)CC1. The van der Waals surface area contributed by atoms with Gasteiger partial charge in [-0.05, 0) is 31.6 Å². The predicted octanol–water partition coefficient (Wildman–Crippen LogP) is 0.609. The van der Waals surface area contributed by atoms with Crippen LogP contribution in [0.15, 0.2) is 0 Å². The quantitative estimate of drug-likeness (QED) is 0.745. The average Bonchev–Trinajstić information content (AvgIpc) is 3.13. The van der Waals surface area contributed by atoms with Crippen molar-refractivity contribution in [2.45, 2.75) is 25.7 Å². The summed E-state index contributed by atoms with van der Waals surface area (Å²) in [5, 5.41) is 2.38. The molecule has 0 amide bonds. The van der Waals surface area contributed by atoms with E-state index in [9.17, 15) is 4.79 Å². The molecule has 1 aliphatic carbocycles. The molecule has 3 aliphatic rings. The molecule has 8 nitrogen and oxygen atoms in total. The van der Waals surface area contributed by atoms with Crippen molar-refractivity contribution in [2.75, 3.05) is 33.0 Å². The maximum absolute atomic E-state index is 11.9. The Morgan fingerprint density at radius 2 is 1.55 bits per heavy atom. The van der Waals surface area contributed by atoms with E-state index in [4.69, 9.17) is 24.2 Å². The molecule has 0 spiro atoms. The highest BCUT2D eigenvalue weighted by molar-refractivity contribution is 5.72. The van der Waals surface area contributed by atoms with E-state index < -0.39 is 0 Å². The first-order valence-corrected chi connectivity index (χ1v) is 7.12. The van der Waals surface area contributed by atoms with Gasteiger partial charge in [-0.2, -0.15) is 0 Å². The minimum absolute atomic E-state index is 0.0838. The van der Waals surface area contributed by atoms with Crippen molar-refractivity contribution < 1.29 is 29.0 Å². The van der Waals surface area contributed by atoms with Crippen molar-refractivity contribution in [1.29, 1.82) is 0 Å². The van der Waals surface area contributed by atoms with Gasteiger partial charge in [0.25, 0.3) is 0 Å². The third kappa shape index (κ3) is 3.66. The van der Waals surface area contributed by atoms with E-state index in [1.54, 1.807) is 5.23 Å². The summed E-state index contributed by atoms with van der Waals surface area (Å²) in [4.78, 5) is 37.4. The first-order valence-electron chi connectivity index (χ1n) is 7.12. The zero-order chi connectivity index (χ0) is 13.8. The number of carbonyl (C=O) groups is 1. The van der Waals surface area contributed by atoms with Gasteiger partial charge in [0.1, 0.15) is 18.6 Å². The van der Waals surface area contributed by atoms with Crippen LogP contribution in [0, 0.1) is 11.8 Å². The van der Waals surface area contributed by atoms with Crippen LogP contribution in [0.2, 0.25) is 0 Å². The maximum atomic E-state index is 11.9. The Kier molecular flexibility index (Phi) is 4.81. The van der Waals surface area contributed by atoms with E-state index in [1.807, 2.05) is 0 Å². The van der Waals surface area contributed by atoms with Crippen LogP contribution in [0.3, 0.4) is 0 Å². The van der Waals surface area contributed by atoms with Crippen LogP contribution in [-0.2, 0) is 29.0 Å². The van der Waals surface area contributed by atoms with Gasteiger partial charge in [-0.1, -0.05) is 5.23 Å². The van der Waals surface area contributed by atoms with E-state index in [0.717, 1.165) is 37.6 Å². The molecular weight excluding hydrogens is 268 g/mol. The summed E-state index contributed by atoms with van der Waals surface area (Å²) in [6, 6.07) is 0. The highest BCUT2D eigenvalue weighted by atomic mass is 17.2. The monoisotopic (exact) mass is 288 g/mol. The number of hydroxylamine groups is 2. The van der Waals surface area contributed by atoms with Crippen molar-refractivity contribution in [2.24, 2.45) is 11.8 Å². The Hall–Kier alpha value is -0.770. The fourth-order valence-corrected chi connectivity index (χ4v) is 2.67. The maximum Gasteiger partial charge on any atom is 0.333 e. The molecule has 2 aliphatic heterocycles. The third-order valence-electron chi connectivity index (χ3n) is 3.78. The number of nitrogens with zero attached hydrogens (tertiary/aromatic N) is 2. The van der Waals surface area contributed by atoms with Crippen LogP contribution in [-0.4, -0.2) is 49.6 Å². The van der Waals surface area contributed by atoms with Crippen LogP contribution in [0.25, 0.3) is 0 Å². The lowest BCUT2D eigenvalue weighted by Gasteiger charge is -2.28. The molecule has 1 saturated carbocycles. The molecule has 0 N–H and O–H groups in total. The van der Waals surface area contributed by atoms with E-state index in [2.05, 4.69) is 0 Å². The topological polar surface area (TPSA) is 69.7 Å². The van der Waals surface area contributed by atoms with Crippen molar-refractivity contribution in [1.82, 2.24) is 10.6 Å². The zero-order valence-electron chi connectivity index (χ0n) is 11.4. The lowest BCUT2D eigenvalue weighted by molar-refractivity contribution is -0.461. The van der Waals surface area contributed by atoms with Crippen molar-refractivity contribution in [3.63, 3.8) is 0 Å². The Labute approximate surface area is 117 Å². The van der Waals surface area contributed by atoms with Gasteiger partial charge in [0, 0.05) is 0 Å². The molecular formula is C12H20N2O6. The summed E-state index contributed by atoms with van der Waals surface area (Å²) in [7, 11) is 0. The number of carbonyl (C=O) groups excluding carboxylic acids is 1.